The van der Waals surface area contributed by atoms with E-state index in [-0.39, 0.29) is 17.4 Å². The summed E-state index contributed by atoms with van der Waals surface area (Å²) >= 11 is 0. The Balaban J connectivity index is 2.14. The average molecular weight is 369 g/mol. The highest BCUT2D eigenvalue weighted by Gasteiger charge is 2.29. The lowest BCUT2D eigenvalue weighted by molar-refractivity contribution is -0.136. The number of benzene rings is 1. The molecule has 25 heavy (non-hydrogen) atoms. The Labute approximate surface area is 147 Å². The third-order valence-electron chi connectivity index (χ3n) is 3.70. The van der Waals surface area contributed by atoms with E-state index in [1.165, 1.54) is 23.5 Å². The Morgan fingerprint density at radius 3 is 2.56 bits per heavy atom. The van der Waals surface area contributed by atoms with Crippen LogP contribution in [0.2, 0.25) is 0 Å². The molecule has 1 aliphatic rings. The Kier molecular flexibility index (Phi) is 5.89. The van der Waals surface area contributed by atoms with E-state index in [0.717, 1.165) is 0 Å². The molecule has 0 atom stereocenters. The van der Waals surface area contributed by atoms with E-state index in [9.17, 15) is 18.0 Å². The standard InChI is InChI=1S/C16H23N3O5S/c1-11(2)10-17-15(20)16(21)18-13-6-5-12(9-14(13)24-3)19-7-4-8-25(19,22)23/h5-6,9,11H,4,7-8,10H2,1-3H3,(H,17,20)(H,18,21). The van der Waals surface area contributed by atoms with Gasteiger partial charge < -0.3 is 15.4 Å². The highest BCUT2D eigenvalue weighted by atomic mass is 32.2. The van der Waals surface area contributed by atoms with Crippen molar-refractivity contribution in [1.82, 2.24) is 5.32 Å². The number of carbonyl (C=O) groups excluding carboxylic acids is 2. The van der Waals surface area contributed by atoms with Gasteiger partial charge in [-0.2, -0.15) is 0 Å². The summed E-state index contributed by atoms with van der Waals surface area (Å²) in [7, 11) is -1.89. The molecule has 0 aliphatic carbocycles. The van der Waals surface area contributed by atoms with Gasteiger partial charge in [0, 0.05) is 19.2 Å². The minimum Gasteiger partial charge on any atom is -0.494 e. The van der Waals surface area contributed by atoms with Crippen molar-refractivity contribution in [2.75, 3.05) is 35.6 Å². The van der Waals surface area contributed by atoms with Crippen LogP contribution in [0.4, 0.5) is 11.4 Å². The predicted molar refractivity (Wildman–Crippen MR) is 95.2 cm³/mol. The number of anilines is 2. The Bertz CT molecular complexity index is 761. The van der Waals surface area contributed by atoms with Crippen molar-refractivity contribution in [3.05, 3.63) is 18.2 Å². The van der Waals surface area contributed by atoms with E-state index in [4.69, 9.17) is 4.74 Å². The van der Waals surface area contributed by atoms with Gasteiger partial charge in [0.2, 0.25) is 10.0 Å². The summed E-state index contributed by atoms with van der Waals surface area (Å²) in [5.41, 5.74) is 0.768. The first-order valence-corrected chi connectivity index (χ1v) is 9.63. The molecule has 0 bridgehead atoms. The second kappa shape index (κ2) is 7.73. The van der Waals surface area contributed by atoms with Crippen LogP contribution in [0.5, 0.6) is 5.75 Å². The van der Waals surface area contributed by atoms with Gasteiger partial charge >= 0.3 is 11.8 Å². The van der Waals surface area contributed by atoms with Gasteiger partial charge in [-0.1, -0.05) is 13.8 Å². The fraction of sp³-hybridized carbons (Fsp3) is 0.500. The third-order valence-corrected chi connectivity index (χ3v) is 5.57. The zero-order valence-corrected chi connectivity index (χ0v) is 15.4. The number of sulfonamides is 1. The van der Waals surface area contributed by atoms with Crippen molar-refractivity contribution in [3.8, 4) is 5.75 Å². The minimum absolute atomic E-state index is 0.115. The van der Waals surface area contributed by atoms with Crippen LogP contribution in [0.15, 0.2) is 18.2 Å². The Morgan fingerprint density at radius 2 is 2.00 bits per heavy atom. The van der Waals surface area contributed by atoms with E-state index in [1.54, 1.807) is 6.07 Å². The zero-order chi connectivity index (χ0) is 18.6. The van der Waals surface area contributed by atoms with Crippen LogP contribution in [0.1, 0.15) is 20.3 Å². The summed E-state index contributed by atoms with van der Waals surface area (Å²) in [5, 5.41) is 5.01. The quantitative estimate of drug-likeness (QED) is 0.752. The maximum atomic E-state index is 12.0. The number of rotatable bonds is 5. The Hall–Kier alpha value is -2.29. The maximum absolute atomic E-state index is 12.0. The molecule has 8 nitrogen and oxygen atoms in total. The molecule has 0 radical (unpaired) electrons. The number of amides is 2. The first-order chi connectivity index (χ1) is 11.7. The van der Waals surface area contributed by atoms with Crippen LogP contribution in [0, 0.1) is 5.92 Å². The second-order valence-electron chi connectivity index (χ2n) is 6.18. The fourth-order valence-electron chi connectivity index (χ4n) is 2.42. The molecule has 1 aromatic rings. The van der Waals surface area contributed by atoms with E-state index < -0.39 is 21.8 Å². The molecule has 1 aromatic carbocycles. The van der Waals surface area contributed by atoms with Gasteiger partial charge in [0.25, 0.3) is 0 Å². The molecule has 2 amide bonds. The number of carbonyl (C=O) groups is 2. The lowest BCUT2D eigenvalue weighted by atomic mass is 10.2. The Morgan fingerprint density at radius 1 is 1.28 bits per heavy atom. The number of methoxy groups -OCH3 is 1. The summed E-state index contributed by atoms with van der Waals surface area (Å²) in [6, 6.07) is 4.63. The molecule has 9 heteroatoms. The largest absolute Gasteiger partial charge is 0.494 e. The summed E-state index contributed by atoms with van der Waals surface area (Å²) in [4.78, 5) is 23.7. The molecule has 0 aromatic heterocycles. The molecule has 138 valence electrons. The highest BCUT2D eigenvalue weighted by Crippen LogP contribution is 2.32. The molecule has 1 heterocycles. The summed E-state index contributed by atoms with van der Waals surface area (Å²) in [6.45, 7) is 4.66. The SMILES string of the molecule is COc1cc(N2CCCS2(=O)=O)ccc1NC(=O)C(=O)NCC(C)C. The van der Waals surface area contributed by atoms with Gasteiger partial charge in [-0.15, -0.1) is 0 Å². The van der Waals surface area contributed by atoms with Gasteiger partial charge in [0.15, 0.2) is 0 Å². The fourth-order valence-corrected chi connectivity index (χ4v) is 3.98. The number of nitrogens with zero attached hydrogens (tertiary/aromatic N) is 1. The highest BCUT2D eigenvalue weighted by molar-refractivity contribution is 7.93. The second-order valence-corrected chi connectivity index (χ2v) is 8.20. The predicted octanol–water partition coefficient (Wildman–Crippen LogP) is 0.946. The van der Waals surface area contributed by atoms with Crippen LogP contribution < -0.4 is 19.7 Å². The molecule has 2 rings (SSSR count). The van der Waals surface area contributed by atoms with Crippen LogP contribution in [0.25, 0.3) is 0 Å². The number of hydrogen-bond donors (Lipinski definition) is 2. The van der Waals surface area contributed by atoms with E-state index >= 15 is 0 Å². The van der Waals surface area contributed by atoms with Crippen molar-refractivity contribution in [1.29, 1.82) is 0 Å². The number of nitrogens with one attached hydrogen (secondary N) is 2. The van der Waals surface area contributed by atoms with E-state index in [1.807, 2.05) is 13.8 Å². The van der Waals surface area contributed by atoms with Gasteiger partial charge in [-0.25, -0.2) is 8.42 Å². The van der Waals surface area contributed by atoms with Crippen molar-refractivity contribution >= 4 is 33.2 Å². The first-order valence-electron chi connectivity index (χ1n) is 8.02. The first kappa shape index (κ1) is 19.0. The molecule has 0 unspecified atom stereocenters. The van der Waals surface area contributed by atoms with Gasteiger partial charge in [-0.3, -0.25) is 13.9 Å². The van der Waals surface area contributed by atoms with E-state index in [0.29, 0.717) is 30.9 Å². The number of hydrogen-bond acceptors (Lipinski definition) is 5. The van der Waals surface area contributed by atoms with Gasteiger partial charge in [-0.05, 0) is 24.5 Å². The summed E-state index contributed by atoms with van der Waals surface area (Å²) in [6.07, 6.45) is 0.569. The lowest BCUT2D eigenvalue weighted by Gasteiger charge is -2.19. The molecule has 0 spiro atoms. The van der Waals surface area contributed by atoms with Gasteiger partial charge in [0.05, 0.1) is 24.2 Å². The molecule has 0 saturated carbocycles. The van der Waals surface area contributed by atoms with Crippen LogP contribution in [-0.2, 0) is 19.6 Å². The smallest absolute Gasteiger partial charge is 0.313 e. The van der Waals surface area contributed by atoms with Crippen LogP contribution in [0.3, 0.4) is 0 Å². The number of ether oxygens (including phenoxy) is 1. The maximum Gasteiger partial charge on any atom is 0.313 e. The van der Waals surface area contributed by atoms with Gasteiger partial charge in [0.1, 0.15) is 5.75 Å². The molecule has 1 fully saturated rings. The van der Waals surface area contributed by atoms with Crippen molar-refractivity contribution in [2.45, 2.75) is 20.3 Å². The normalized spacial score (nSPS) is 15.9. The summed E-state index contributed by atoms with van der Waals surface area (Å²) in [5.74, 6) is -0.913. The third kappa shape index (κ3) is 4.62. The van der Waals surface area contributed by atoms with Crippen LogP contribution >= 0.6 is 0 Å². The summed E-state index contributed by atoms with van der Waals surface area (Å²) < 4.78 is 30.5. The molecular weight excluding hydrogens is 346 g/mol. The molecule has 1 aliphatic heterocycles. The lowest BCUT2D eigenvalue weighted by Crippen LogP contribution is -2.37. The van der Waals surface area contributed by atoms with Crippen molar-refractivity contribution in [2.24, 2.45) is 5.92 Å². The van der Waals surface area contributed by atoms with Crippen molar-refractivity contribution in [3.63, 3.8) is 0 Å². The monoisotopic (exact) mass is 369 g/mol. The van der Waals surface area contributed by atoms with E-state index in [2.05, 4.69) is 10.6 Å². The molecule has 2 N–H and O–H groups in total. The zero-order valence-electron chi connectivity index (χ0n) is 14.5. The van der Waals surface area contributed by atoms with Crippen LogP contribution in [-0.4, -0.2) is 46.2 Å². The minimum atomic E-state index is -3.30. The van der Waals surface area contributed by atoms with Crippen molar-refractivity contribution < 1.29 is 22.7 Å². The topological polar surface area (TPSA) is 105 Å². The molecule has 1 saturated heterocycles. The average Bonchev–Trinajstić information content (AvgIpc) is 2.92. The molecular formula is C16H23N3O5S.